The Morgan fingerprint density at radius 1 is 1.21 bits per heavy atom. The number of carboxylic acids is 1. The normalized spacial score (nSPS) is 14.0. The summed E-state index contributed by atoms with van der Waals surface area (Å²) in [5.74, 6) is -0.874. The van der Waals surface area contributed by atoms with E-state index in [4.69, 9.17) is 9.47 Å². The van der Waals surface area contributed by atoms with Crippen molar-refractivity contribution in [1.29, 1.82) is 0 Å². The van der Waals surface area contributed by atoms with Crippen LogP contribution in [0.2, 0.25) is 0 Å². The van der Waals surface area contributed by atoms with Crippen LogP contribution in [0.25, 0.3) is 5.65 Å². The zero-order valence-corrected chi connectivity index (χ0v) is 15.7. The van der Waals surface area contributed by atoms with Crippen molar-refractivity contribution in [2.45, 2.75) is 0 Å². The zero-order chi connectivity index (χ0) is 20.4. The number of carboxylic acid groups (broad SMARTS) is 1. The van der Waals surface area contributed by atoms with Crippen LogP contribution in [-0.2, 0) is 4.74 Å². The minimum Gasteiger partial charge on any atom is -0.497 e. The monoisotopic (exact) mass is 397 g/mol. The number of aromatic nitrogens is 3. The Morgan fingerprint density at radius 3 is 2.59 bits per heavy atom. The molecule has 0 atom stereocenters. The van der Waals surface area contributed by atoms with Crippen molar-refractivity contribution in [2.24, 2.45) is 0 Å². The van der Waals surface area contributed by atoms with Gasteiger partial charge in [-0.2, -0.15) is 4.98 Å². The highest BCUT2D eigenvalue weighted by Crippen LogP contribution is 2.22. The highest BCUT2D eigenvalue weighted by atomic mass is 16.5. The number of ether oxygens (including phenoxy) is 2. The molecule has 1 saturated heterocycles. The number of rotatable bonds is 5. The van der Waals surface area contributed by atoms with Crippen LogP contribution in [0, 0.1) is 0 Å². The number of nitrogens with zero attached hydrogens (tertiary/aromatic N) is 4. The van der Waals surface area contributed by atoms with Gasteiger partial charge in [-0.25, -0.2) is 9.31 Å². The van der Waals surface area contributed by atoms with Gasteiger partial charge >= 0.3 is 5.97 Å². The first-order valence-electron chi connectivity index (χ1n) is 8.97. The Balaban J connectivity index is 1.64. The van der Waals surface area contributed by atoms with E-state index in [1.54, 1.807) is 43.6 Å². The van der Waals surface area contributed by atoms with E-state index < -0.39 is 11.9 Å². The standard InChI is InChI=1S/C19H19N5O5/c1-28-14-4-2-12(3-5-14)17(25)21-19-20-16-15(18(26)27)10-13(11-24(16)22-19)23-6-8-29-9-7-23/h2-5,10-11H,6-9H2,1H3,(H,26,27)(H,21,22,25). The van der Waals surface area contributed by atoms with Gasteiger partial charge in [0.05, 0.1) is 32.2 Å². The maximum Gasteiger partial charge on any atom is 0.339 e. The van der Waals surface area contributed by atoms with Crippen LogP contribution in [0.3, 0.4) is 0 Å². The largest absolute Gasteiger partial charge is 0.497 e. The maximum absolute atomic E-state index is 12.4. The lowest BCUT2D eigenvalue weighted by molar-refractivity contribution is 0.0698. The van der Waals surface area contributed by atoms with Gasteiger partial charge in [0.1, 0.15) is 11.3 Å². The number of carbonyl (C=O) groups is 2. The number of benzene rings is 1. The SMILES string of the molecule is COc1ccc(C(=O)Nc2nc3c(C(=O)O)cc(N4CCOCC4)cn3n2)cc1. The molecule has 0 aliphatic carbocycles. The third-order valence-electron chi connectivity index (χ3n) is 4.60. The van der Waals surface area contributed by atoms with Crippen LogP contribution in [0.15, 0.2) is 36.5 Å². The van der Waals surface area contributed by atoms with Crippen molar-refractivity contribution in [3.8, 4) is 5.75 Å². The predicted octanol–water partition coefficient (Wildman–Crippen LogP) is 1.52. The molecule has 2 aromatic heterocycles. The van der Waals surface area contributed by atoms with Crippen LogP contribution < -0.4 is 15.0 Å². The molecule has 150 valence electrons. The number of anilines is 2. The van der Waals surface area contributed by atoms with Gasteiger partial charge < -0.3 is 19.5 Å². The van der Waals surface area contributed by atoms with Gasteiger partial charge in [0.2, 0.25) is 5.95 Å². The third-order valence-corrected chi connectivity index (χ3v) is 4.60. The van der Waals surface area contributed by atoms with Gasteiger partial charge in [0, 0.05) is 18.7 Å². The number of nitrogens with one attached hydrogen (secondary N) is 1. The molecule has 1 aromatic carbocycles. The molecule has 0 bridgehead atoms. The molecule has 0 unspecified atom stereocenters. The van der Waals surface area contributed by atoms with E-state index in [9.17, 15) is 14.7 Å². The van der Waals surface area contributed by atoms with Crippen molar-refractivity contribution in [2.75, 3.05) is 43.6 Å². The Kier molecular flexibility index (Phi) is 5.00. The molecule has 1 aliphatic heterocycles. The smallest absolute Gasteiger partial charge is 0.339 e. The van der Waals surface area contributed by atoms with Gasteiger partial charge in [-0.1, -0.05) is 0 Å². The summed E-state index contributed by atoms with van der Waals surface area (Å²) in [7, 11) is 1.54. The summed E-state index contributed by atoms with van der Waals surface area (Å²) in [6, 6.07) is 8.13. The maximum atomic E-state index is 12.4. The molecule has 3 aromatic rings. The number of aromatic carboxylic acids is 1. The molecule has 1 fully saturated rings. The fourth-order valence-corrected chi connectivity index (χ4v) is 3.09. The lowest BCUT2D eigenvalue weighted by Crippen LogP contribution is -2.36. The fraction of sp³-hybridized carbons (Fsp3) is 0.263. The molecule has 0 spiro atoms. The second-order valence-corrected chi connectivity index (χ2v) is 6.40. The summed E-state index contributed by atoms with van der Waals surface area (Å²) in [5, 5.41) is 16.4. The highest BCUT2D eigenvalue weighted by Gasteiger charge is 2.20. The molecule has 10 heteroatoms. The van der Waals surface area contributed by atoms with E-state index in [1.165, 1.54) is 4.52 Å². The van der Waals surface area contributed by atoms with Gasteiger partial charge in [-0.15, -0.1) is 5.10 Å². The third kappa shape index (κ3) is 3.83. The van der Waals surface area contributed by atoms with Gasteiger partial charge in [-0.05, 0) is 30.3 Å². The van der Waals surface area contributed by atoms with Crippen molar-refractivity contribution in [3.63, 3.8) is 0 Å². The molecular weight excluding hydrogens is 378 g/mol. The Bertz CT molecular complexity index is 1060. The molecular formula is C19H19N5O5. The Labute approximate surface area is 165 Å². The fourth-order valence-electron chi connectivity index (χ4n) is 3.09. The average molecular weight is 397 g/mol. The van der Waals surface area contributed by atoms with Crippen LogP contribution in [0.4, 0.5) is 11.6 Å². The second kappa shape index (κ2) is 7.76. The van der Waals surface area contributed by atoms with Crippen LogP contribution in [0.1, 0.15) is 20.7 Å². The lowest BCUT2D eigenvalue weighted by atomic mass is 10.2. The lowest BCUT2D eigenvalue weighted by Gasteiger charge is -2.28. The molecule has 10 nitrogen and oxygen atoms in total. The van der Waals surface area contributed by atoms with Gasteiger partial charge in [-0.3, -0.25) is 10.1 Å². The number of pyridine rings is 1. The second-order valence-electron chi connectivity index (χ2n) is 6.40. The number of fused-ring (bicyclic) bond motifs is 1. The van der Waals surface area contributed by atoms with E-state index in [0.29, 0.717) is 43.3 Å². The molecule has 1 aliphatic rings. The molecule has 3 heterocycles. The van der Waals surface area contributed by atoms with Crippen LogP contribution >= 0.6 is 0 Å². The van der Waals surface area contributed by atoms with E-state index >= 15 is 0 Å². The van der Waals surface area contributed by atoms with Crippen molar-refractivity contribution >= 4 is 29.2 Å². The minimum absolute atomic E-state index is 0.00596. The summed E-state index contributed by atoms with van der Waals surface area (Å²) in [5.41, 5.74) is 1.26. The van der Waals surface area contributed by atoms with E-state index in [0.717, 1.165) is 0 Å². The molecule has 4 rings (SSSR count). The van der Waals surface area contributed by atoms with Gasteiger partial charge in [0.15, 0.2) is 5.65 Å². The molecule has 0 radical (unpaired) electrons. The average Bonchev–Trinajstić information content (AvgIpc) is 3.15. The number of methoxy groups -OCH3 is 1. The first-order valence-corrected chi connectivity index (χ1v) is 8.97. The molecule has 0 saturated carbocycles. The van der Waals surface area contributed by atoms with Crippen molar-refractivity contribution < 1.29 is 24.2 Å². The molecule has 2 N–H and O–H groups in total. The first-order chi connectivity index (χ1) is 14.0. The number of hydrogen-bond acceptors (Lipinski definition) is 7. The zero-order valence-electron chi connectivity index (χ0n) is 15.7. The van der Waals surface area contributed by atoms with E-state index in [1.807, 2.05) is 4.90 Å². The van der Waals surface area contributed by atoms with Crippen molar-refractivity contribution in [3.05, 3.63) is 47.7 Å². The first kappa shape index (κ1) is 18.7. The van der Waals surface area contributed by atoms with Crippen LogP contribution in [0.5, 0.6) is 5.75 Å². The Morgan fingerprint density at radius 2 is 1.93 bits per heavy atom. The van der Waals surface area contributed by atoms with Gasteiger partial charge in [0.25, 0.3) is 5.91 Å². The molecule has 1 amide bonds. The van der Waals surface area contributed by atoms with E-state index in [2.05, 4.69) is 15.4 Å². The summed E-state index contributed by atoms with van der Waals surface area (Å²) in [6.07, 6.45) is 1.70. The number of morpholine rings is 1. The minimum atomic E-state index is -1.12. The number of amides is 1. The number of carbonyl (C=O) groups excluding carboxylic acids is 1. The highest BCUT2D eigenvalue weighted by molar-refractivity contribution is 6.03. The van der Waals surface area contributed by atoms with Crippen molar-refractivity contribution in [1.82, 2.24) is 14.6 Å². The van der Waals surface area contributed by atoms with Crippen LogP contribution in [-0.4, -0.2) is 65.0 Å². The van der Waals surface area contributed by atoms with E-state index in [-0.39, 0.29) is 17.2 Å². The summed E-state index contributed by atoms with van der Waals surface area (Å²) >= 11 is 0. The summed E-state index contributed by atoms with van der Waals surface area (Å²) < 4.78 is 11.8. The molecule has 29 heavy (non-hydrogen) atoms. The Hall–Kier alpha value is -3.66. The quantitative estimate of drug-likeness (QED) is 0.665. The summed E-state index contributed by atoms with van der Waals surface area (Å²) in [4.78, 5) is 30.4. The topological polar surface area (TPSA) is 118 Å². The number of hydrogen-bond donors (Lipinski definition) is 2. The predicted molar refractivity (Wildman–Crippen MR) is 104 cm³/mol. The summed E-state index contributed by atoms with van der Waals surface area (Å²) in [6.45, 7) is 2.45.